The molecule has 0 spiro atoms. The normalized spacial score (nSPS) is 17.0. The predicted molar refractivity (Wildman–Crippen MR) is 111 cm³/mol. The Bertz CT molecular complexity index is 1120. The van der Waals surface area contributed by atoms with Crippen molar-refractivity contribution in [3.8, 4) is 11.5 Å². The molecular weight excluding hydrogens is 388 g/mol. The molecule has 7 heteroatoms. The lowest BCUT2D eigenvalue weighted by molar-refractivity contribution is 0.298. The Morgan fingerprint density at radius 2 is 1.72 bits per heavy atom. The zero-order chi connectivity index (χ0) is 20.6. The topological polar surface area (TPSA) is 60.8 Å². The SMILES string of the molecule is COc1ccc(C2c3cccn3CCN2S(=O)(=O)c2ccc(OC)c(C)c2)cc1. The molecule has 1 aromatic heterocycles. The number of aryl methyl sites for hydroxylation is 1. The first kappa shape index (κ1) is 19.5. The van der Waals surface area contributed by atoms with Gasteiger partial charge in [0.1, 0.15) is 11.5 Å². The summed E-state index contributed by atoms with van der Waals surface area (Å²) >= 11 is 0. The monoisotopic (exact) mass is 412 g/mol. The Balaban J connectivity index is 1.81. The average Bonchev–Trinajstić information content (AvgIpc) is 3.22. The number of hydrogen-bond acceptors (Lipinski definition) is 4. The summed E-state index contributed by atoms with van der Waals surface area (Å²) < 4.78 is 41.5. The Labute approximate surface area is 171 Å². The van der Waals surface area contributed by atoms with E-state index in [-0.39, 0.29) is 4.90 Å². The molecule has 0 radical (unpaired) electrons. The third kappa shape index (κ3) is 3.41. The van der Waals surface area contributed by atoms with Crippen LogP contribution >= 0.6 is 0 Å². The van der Waals surface area contributed by atoms with Crippen LogP contribution in [-0.4, -0.2) is 38.1 Å². The van der Waals surface area contributed by atoms with Crippen LogP contribution in [0.4, 0.5) is 0 Å². The van der Waals surface area contributed by atoms with E-state index >= 15 is 0 Å². The van der Waals surface area contributed by atoms with Gasteiger partial charge in [-0.25, -0.2) is 8.42 Å². The molecule has 0 aliphatic carbocycles. The van der Waals surface area contributed by atoms with E-state index in [1.807, 2.05) is 49.5 Å². The third-order valence-electron chi connectivity index (χ3n) is 5.40. The van der Waals surface area contributed by atoms with Crippen molar-refractivity contribution in [2.24, 2.45) is 0 Å². The zero-order valence-corrected chi connectivity index (χ0v) is 17.5. The van der Waals surface area contributed by atoms with Crippen LogP contribution in [0.5, 0.6) is 11.5 Å². The first-order valence-electron chi connectivity index (χ1n) is 9.41. The van der Waals surface area contributed by atoms with E-state index in [1.54, 1.807) is 36.7 Å². The van der Waals surface area contributed by atoms with Gasteiger partial charge in [0.25, 0.3) is 0 Å². The molecule has 1 atom stereocenters. The Hall–Kier alpha value is -2.77. The largest absolute Gasteiger partial charge is 0.497 e. The van der Waals surface area contributed by atoms with Gasteiger partial charge in [0, 0.05) is 25.0 Å². The summed E-state index contributed by atoms with van der Waals surface area (Å²) in [4.78, 5) is 0.273. The highest BCUT2D eigenvalue weighted by Crippen LogP contribution is 2.37. The maximum atomic E-state index is 13.6. The van der Waals surface area contributed by atoms with Gasteiger partial charge in [-0.1, -0.05) is 12.1 Å². The summed E-state index contributed by atoms with van der Waals surface area (Å²) in [6.07, 6.45) is 1.99. The van der Waals surface area contributed by atoms with Crippen molar-refractivity contribution in [1.82, 2.24) is 8.87 Å². The maximum absolute atomic E-state index is 13.6. The highest BCUT2D eigenvalue weighted by Gasteiger charge is 2.37. The Kier molecular flexibility index (Phi) is 5.10. The van der Waals surface area contributed by atoms with Crippen LogP contribution in [0.1, 0.15) is 22.9 Å². The van der Waals surface area contributed by atoms with Crippen molar-refractivity contribution in [3.63, 3.8) is 0 Å². The lowest BCUT2D eigenvalue weighted by Crippen LogP contribution is -2.42. The summed E-state index contributed by atoms with van der Waals surface area (Å²) in [5.74, 6) is 1.41. The van der Waals surface area contributed by atoms with Crippen LogP contribution in [0.2, 0.25) is 0 Å². The lowest BCUT2D eigenvalue weighted by Gasteiger charge is -2.36. The standard InChI is InChI=1S/C22H24N2O4S/c1-16-15-19(10-11-21(16)28-3)29(25,26)24-14-13-23-12-4-5-20(23)22(24)17-6-8-18(27-2)9-7-17/h4-12,15,22H,13-14H2,1-3H3. The van der Waals surface area contributed by atoms with Gasteiger partial charge in [-0.3, -0.25) is 0 Å². The van der Waals surface area contributed by atoms with E-state index in [0.29, 0.717) is 18.8 Å². The van der Waals surface area contributed by atoms with Gasteiger partial charge in [0.05, 0.1) is 25.2 Å². The van der Waals surface area contributed by atoms with E-state index < -0.39 is 16.1 Å². The molecular formula is C22H24N2O4S. The number of nitrogens with zero attached hydrogens (tertiary/aromatic N) is 2. The average molecular weight is 413 g/mol. The smallest absolute Gasteiger partial charge is 0.244 e. The summed E-state index contributed by atoms with van der Waals surface area (Å²) in [5.41, 5.74) is 2.64. The van der Waals surface area contributed by atoms with Gasteiger partial charge in [-0.15, -0.1) is 0 Å². The van der Waals surface area contributed by atoms with Crippen molar-refractivity contribution in [2.45, 2.75) is 24.4 Å². The van der Waals surface area contributed by atoms with Crippen molar-refractivity contribution >= 4 is 10.0 Å². The minimum absolute atomic E-state index is 0.273. The molecule has 4 rings (SSSR count). The molecule has 0 saturated carbocycles. The van der Waals surface area contributed by atoms with Gasteiger partial charge in [-0.05, 0) is 60.5 Å². The number of aromatic nitrogens is 1. The summed E-state index contributed by atoms with van der Waals surface area (Å²) in [5, 5.41) is 0. The maximum Gasteiger partial charge on any atom is 0.244 e. The Morgan fingerprint density at radius 1 is 0.966 bits per heavy atom. The highest BCUT2D eigenvalue weighted by atomic mass is 32.2. The predicted octanol–water partition coefficient (Wildman–Crippen LogP) is 3.61. The second-order valence-electron chi connectivity index (χ2n) is 7.05. The fraction of sp³-hybridized carbons (Fsp3) is 0.273. The molecule has 3 aromatic rings. The quantitative estimate of drug-likeness (QED) is 0.642. The molecule has 29 heavy (non-hydrogen) atoms. The third-order valence-corrected chi connectivity index (χ3v) is 7.26. The van der Waals surface area contributed by atoms with Gasteiger partial charge in [-0.2, -0.15) is 4.31 Å². The molecule has 152 valence electrons. The molecule has 0 fully saturated rings. The highest BCUT2D eigenvalue weighted by molar-refractivity contribution is 7.89. The molecule has 1 aliphatic rings. The number of hydrogen-bond donors (Lipinski definition) is 0. The fourth-order valence-corrected chi connectivity index (χ4v) is 5.56. The molecule has 0 N–H and O–H groups in total. The van der Waals surface area contributed by atoms with Crippen LogP contribution in [0.25, 0.3) is 0 Å². The van der Waals surface area contributed by atoms with E-state index in [1.165, 1.54) is 0 Å². The summed E-state index contributed by atoms with van der Waals surface area (Å²) in [6.45, 7) is 2.86. The molecule has 1 aliphatic heterocycles. The molecule has 0 amide bonds. The van der Waals surface area contributed by atoms with Gasteiger partial charge in [0.2, 0.25) is 10.0 Å². The van der Waals surface area contributed by atoms with Gasteiger partial charge < -0.3 is 14.0 Å². The van der Waals surface area contributed by atoms with E-state index in [0.717, 1.165) is 22.6 Å². The summed E-state index contributed by atoms with van der Waals surface area (Å²) in [6, 6.07) is 16.1. The van der Waals surface area contributed by atoms with Crippen molar-refractivity contribution in [1.29, 1.82) is 0 Å². The van der Waals surface area contributed by atoms with Crippen LogP contribution in [0.15, 0.2) is 65.7 Å². The van der Waals surface area contributed by atoms with Gasteiger partial charge in [0.15, 0.2) is 0 Å². The molecule has 0 saturated heterocycles. The minimum atomic E-state index is -3.71. The van der Waals surface area contributed by atoms with Crippen LogP contribution in [0, 0.1) is 6.92 Å². The number of benzene rings is 2. The van der Waals surface area contributed by atoms with Crippen LogP contribution < -0.4 is 9.47 Å². The fourth-order valence-electron chi connectivity index (χ4n) is 3.89. The number of sulfonamides is 1. The second kappa shape index (κ2) is 7.57. The first-order valence-corrected chi connectivity index (χ1v) is 10.8. The molecule has 2 aromatic carbocycles. The van der Waals surface area contributed by atoms with Crippen molar-refractivity contribution in [2.75, 3.05) is 20.8 Å². The molecule has 1 unspecified atom stereocenters. The second-order valence-corrected chi connectivity index (χ2v) is 8.94. The number of fused-ring (bicyclic) bond motifs is 1. The minimum Gasteiger partial charge on any atom is -0.497 e. The van der Waals surface area contributed by atoms with Crippen LogP contribution in [0.3, 0.4) is 0 Å². The summed E-state index contributed by atoms with van der Waals surface area (Å²) in [7, 11) is -0.517. The molecule has 6 nitrogen and oxygen atoms in total. The van der Waals surface area contributed by atoms with Crippen molar-refractivity contribution in [3.05, 3.63) is 77.6 Å². The zero-order valence-electron chi connectivity index (χ0n) is 16.7. The van der Waals surface area contributed by atoms with E-state index in [9.17, 15) is 8.42 Å². The van der Waals surface area contributed by atoms with E-state index in [4.69, 9.17) is 9.47 Å². The van der Waals surface area contributed by atoms with Crippen molar-refractivity contribution < 1.29 is 17.9 Å². The van der Waals surface area contributed by atoms with Crippen LogP contribution in [-0.2, 0) is 16.6 Å². The van der Waals surface area contributed by atoms with E-state index in [2.05, 4.69) is 4.57 Å². The number of rotatable bonds is 5. The van der Waals surface area contributed by atoms with Gasteiger partial charge >= 0.3 is 0 Å². The lowest BCUT2D eigenvalue weighted by atomic mass is 10.0. The molecule has 2 heterocycles. The Morgan fingerprint density at radius 3 is 2.38 bits per heavy atom. The first-order chi connectivity index (χ1) is 14.0. The molecule has 0 bridgehead atoms. The number of ether oxygens (including phenoxy) is 2. The number of methoxy groups -OCH3 is 2.